The van der Waals surface area contributed by atoms with E-state index in [1.807, 2.05) is 0 Å². The molecule has 142 valence electrons. The van der Waals surface area contributed by atoms with E-state index in [4.69, 9.17) is 4.74 Å². The quantitative estimate of drug-likeness (QED) is 0.703. The molecule has 0 aliphatic carbocycles. The number of hydrogen-bond donors (Lipinski definition) is 1. The summed E-state index contributed by atoms with van der Waals surface area (Å²) in [7, 11) is 1.47. The van der Waals surface area contributed by atoms with Crippen molar-refractivity contribution in [3.8, 4) is 0 Å². The van der Waals surface area contributed by atoms with Gasteiger partial charge in [-0.05, 0) is 31.5 Å². The summed E-state index contributed by atoms with van der Waals surface area (Å²) in [5, 5.41) is 4.71. The number of nitrogens with zero attached hydrogens (tertiary/aromatic N) is 3. The van der Waals surface area contributed by atoms with Crippen molar-refractivity contribution in [2.24, 2.45) is 0 Å². The van der Waals surface area contributed by atoms with Gasteiger partial charge in [0.2, 0.25) is 0 Å². The van der Waals surface area contributed by atoms with Gasteiger partial charge in [0.25, 0.3) is 5.56 Å². The van der Waals surface area contributed by atoms with Gasteiger partial charge in [-0.3, -0.25) is 4.79 Å². The van der Waals surface area contributed by atoms with Gasteiger partial charge < -0.3 is 9.72 Å². The fourth-order valence-electron chi connectivity index (χ4n) is 2.79. The number of halogens is 3. The molecule has 3 aromatic rings. The third kappa shape index (κ3) is 3.57. The van der Waals surface area contributed by atoms with E-state index in [1.165, 1.54) is 36.3 Å². The summed E-state index contributed by atoms with van der Waals surface area (Å²) < 4.78 is 44.7. The molecule has 0 aliphatic heterocycles. The molecule has 0 saturated heterocycles. The van der Waals surface area contributed by atoms with Crippen molar-refractivity contribution >= 4 is 17.1 Å². The number of aromatic nitrogens is 4. The van der Waals surface area contributed by atoms with Crippen molar-refractivity contribution in [1.82, 2.24) is 19.7 Å². The van der Waals surface area contributed by atoms with Crippen LogP contribution in [-0.2, 0) is 10.9 Å². The number of fused-ring (bicyclic) bond motifs is 1. The minimum atomic E-state index is -4.40. The Morgan fingerprint density at radius 3 is 2.52 bits per heavy atom. The normalized spacial score (nSPS) is 13.4. The average molecular weight is 378 g/mol. The molecule has 1 N–H and O–H groups in total. The minimum absolute atomic E-state index is 0.285. The highest BCUT2D eigenvalue weighted by atomic mass is 19.4. The van der Waals surface area contributed by atoms with Crippen LogP contribution < -0.4 is 5.56 Å². The molecule has 2 aromatic heterocycles. The molecule has 9 heteroatoms. The van der Waals surface area contributed by atoms with E-state index >= 15 is 0 Å². The Bertz CT molecular complexity index is 1050. The summed E-state index contributed by atoms with van der Waals surface area (Å²) in [6.07, 6.45) is -1.48. The van der Waals surface area contributed by atoms with Gasteiger partial charge in [-0.25, -0.2) is 9.67 Å². The third-order valence-electron chi connectivity index (χ3n) is 4.16. The molecule has 0 fully saturated rings. The number of hydrogen-bond acceptors (Lipinski definition) is 4. The number of nitrogens with one attached hydrogen (secondary N) is 1. The number of methoxy groups -OCH3 is 1. The SMILES string of the molecule is COC=Cc1nn(C(C)c2ccc(C(F)(F)F)cc2)c2nc(C)[nH]c(=O)c12. The number of alkyl halides is 3. The number of benzene rings is 1. The molecular weight excluding hydrogens is 361 g/mol. The molecule has 0 radical (unpaired) electrons. The predicted molar refractivity (Wildman–Crippen MR) is 94.2 cm³/mol. The van der Waals surface area contributed by atoms with E-state index in [2.05, 4.69) is 15.1 Å². The Balaban J connectivity index is 2.13. The second-order valence-corrected chi connectivity index (χ2v) is 6.01. The van der Waals surface area contributed by atoms with Gasteiger partial charge in [0, 0.05) is 6.08 Å². The van der Waals surface area contributed by atoms with Crippen molar-refractivity contribution in [2.75, 3.05) is 7.11 Å². The monoisotopic (exact) mass is 378 g/mol. The smallest absolute Gasteiger partial charge is 0.416 e. The van der Waals surface area contributed by atoms with E-state index in [9.17, 15) is 18.0 Å². The van der Waals surface area contributed by atoms with Crippen LogP contribution in [-0.4, -0.2) is 26.9 Å². The maximum Gasteiger partial charge on any atom is 0.416 e. The molecule has 0 amide bonds. The van der Waals surface area contributed by atoms with Crippen molar-refractivity contribution in [3.05, 3.63) is 63.5 Å². The van der Waals surface area contributed by atoms with Crippen LogP contribution in [0.25, 0.3) is 17.1 Å². The zero-order chi connectivity index (χ0) is 19.8. The third-order valence-corrected chi connectivity index (χ3v) is 4.16. The summed E-state index contributed by atoms with van der Waals surface area (Å²) in [5.41, 5.74) is 0.241. The highest BCUT2D eigenvalue weighted by Crippen LogP contribution is 2.31. The van der Waals surface area contributed by atoms with Gasteiger partial charge in [0.1, 0.15) is 16.9 Å². The molecule has 6 nitrogen and oxygen atoms in total. The van der Waals surface area contributed by atoms with E-state index < -0.39 is 17.8 Å². The summed E-state index contributed by atoms with van der Waals surface area (Å²) in [6, 6.07) is 4.40. The zero-order valence-electron chi connectivity index (χ0n) is 14.8. The van der Waals surface area contributed by atoms with Crippen LogP contribution in [0.2, 0.25) is 0 Å². The van der Waals surface area contributed by atoms with Crippen molar-refractivity contribution < 1.29 is 17.9 Å². The molecule has 1 aromatic carbocycles. The summed E-state index contributed by atoms with van der Waals surface area (Å²) in [4.78, 5) is 19.3. The first kappa shape index (κ1) is 18.7. The Hall–Kier alpha value is -3.10. The molecule has 2 heterocycles. The first-order valence-corrected chi connectivity index (χ1v) is 8.08. The van der Waals surface area contributed by atoms with Crippen LogP contribution in [0.4, 0.5) is 13.2 Å². The Labute approximate surface area is 152 Å². The standard InChI is InChI=1S/C18H17F3N4O2/c1-10(12-4-6-13(7-5-12)18(19,20)21)25-16-15(14(24-25)8-9-27-3)17(26)23-11(2)22-16/h4-10H,1-3H3,(H,22,23,26). The molecule has 1 atom stereocenters. The second-order valence-electron chi connectivity index (χ2n) is 6.01. The largest absolute Gasteiger partial charge is 0.504 e. The lowest BCUT2D eigenvalue weighted by Gasteiger charge is -2.15. The van der Waals surface area contributed by atoms with Crippen LogP contribution in [0.5, 0.6) is 0 Å². The number of aryl methyl sites for hydroxylation is 1. The molecule has 1 unspecified atom stereocenters. The van der Waals surface area contributed by atoms with Gasteiger partial charge in [-0.2, -0.15) is 18.3 Å². The maximum atomic E-state index is 12.8. The first-order valence-electron chi connectivity index (χ1n) is 8.08. The number of aromatic amines is 1. The molecule has 0 spiro atoms. The lowest BCUT2D eigenvalue weighted by molar-refractivity contribution is -0.137. The van der Waals surface area contributed by atoms with Gasteiger partial charge in [-0.15, -0.1) is 0 Å². The van der Waals surface area contributed by atoms with E-state index in [1.54, 1.807) is 13.8 Å². The average Bonchev–Trinajstić information content (AvgIpc) is 2.97. The topological polar surface area (TPSA) is 72.8 Å². The Morgan fingerprint density at radius 2 is 1.93 bits per heavy atom. The summed E-state index contributed by atoms with van der Waals surface area (Å²) in [5.74, 6) is 0.413. The lowest BCUT2D eigenvalue weighted by Crippen LogP contribution is -2.13. The fourth-order valence-corrected chi connectivity index (χ4v) is 2.79. The summed E-state index contributed by atoms with van der Waals surface area (Å²) >= 11 is 0. The van der Waals surface area contributed by atoms with Crippen LogP contribution in [0.15, 0.2) is 35.3 Å². The van der Waals surface area contributed by atoms with Crippen LogP contribution in [0, 0.1) is 6.92 Å². The molecule has 0 bridgehead atoms. The molecular formula is C18H17F3N4O2. The van der Waals surface area contributed by atoms with Gasteiger partial charge in [-0.1, -0.05) is 12.1 Å². The Morgan fingerprint density at radius 1 is 1.26 bits per heavy atom. The second kappa shape index (κ2) is 6.90. The number of rotatable bonds is 4. The lowest BCUT2D eigenvalue weighted by atomic mass is 10.1. The predicted octanol–water partition coefficient (Wildman–Crippen LogP) is 3.67. The molecule has 0 saturated carbocycles. The van der Waals surface area contributed by atoms with Gasteiger partial charge in [0.15, 0.2) is 5.65 Å². The zero-order valence-corrected chi connectivity index (χ0v) is 14.8. The molecule has 27 heavy (non-hydrogen) atoms. The van der Waals surface area contributed by atoms with Crippen LogP contribution in [0.3, 0.4) is 0 Å². The van der Waals surface area contributed by atoms with Crippen LogP contribution in [0.1, 0.15) is 35.6 Å². The number of ether oxygens (including phenoxy) is 1. The Kier molecular flexibility index (Phi) is 4.77. The van der Waals surface area contributed by atoms with Gasteiger partial charge in [0.05, 0.1) is 25.0 Å². The maximum absolute atomic E-state index is 12.8. The molecule has 0 aliphatic rings. The van der Waals surface area contributed by atoms with Crippen molar-refractivity contribution in [1.29, 1.82) is 0 Å². The highest BCUT2D eigenvalue weighted by Gasteiger charge is 2.30. The van der Waals surface area contributed by atoms with Gasteiger partial charge >= 0.3 is 6.18 Å². The van der Waals surface area contributed by atoms with E-state index in [-0.39, 0.29) is 10.9 Å². The van der Waals surface area contributed by atoms with Crippen molar-refractivity contribution in [3.63, 3.8) is 0 Å². The van der Waals surface area contributed by atoms with Crippen molar-refractivity contribution in [2.45, 2.75) is 26.1 Å². The number of H-pyrrole nitrogens is 1. The fraction of sp³-hybridized carbons (Fsp3) is 0.278. The first-order chi connectivity index (χ1) is 12.7. The highest BCUT2D eigenvalue weighted by molar-refractivity contribution is 5.83. The minimum Gasteiger partial charge on any atom is -0.504 e. The summed E-state index contributed by atoms with van der Waals surface area (Å²) in [6.45, 7) is 3.42. The van der Waals surface area contributed by atoms with Crippen LogP contribution >= 0.6 is 0 Å². The van der Waals surface area contributed by atoms with E-state index in [0.717, 1.165) is 12.1 Å². The molecule has 3 rings (SSSR count). The van der Waals surface area contributed by atoms with E-state index in [0.29, 0.717) is 22.7 Å².